The Kier molecular flexibility index (Phi) is 35.3. The Labute approximate surface area is 270 Å². The van der Waals surface area contributed by atoms with Gasteiger partial charge in [0.25, 0.3) is 0 Å². The van der Waals surface area contributed by atoms with E-state index in [9.17, 15) is 4.79 Å². The van der Waals surface area contributed by atoms with E-state index in [1.54, 1.807) is 0 Å². The average molecular weight is 599 g/mol. The highest BCUT2D eigenvalue weighted by Gasteiger charge is 2.14. The molecule has 0 heterocycles. The van der Waals surface area contributed by atoms with Gasteiger partial charge in [0.2, 0.25) is 0 Å². The molecule has 0 N–H and O–H groups in total. The molecule has 0 fully saturated rings. The molecule has 43 heavy (non-hydrogen) atoms. The second-order valence-corrected chi connectivity index (χ2v) is 12.6. The van der Waals surface area contributed by atoms with Crippen molar-refractivity contribution in [3.63, 3.8) is 0 Å². The Morgan fingerprint density at radius 3 is 1.26 bits per heavy atom. The first-order chi connectivity index (χ1) is 21.2. The van der Waals surface area contributed by atoms with Gasteiger partial charge in [-0.05, 0) is 89.9 Å². The smallest absolute Gasteiger partial charge is 0.306 e. The number of unbranched alkanes of at least 4 members (excludes halogenated alkanes) is 18. The SMILES string of the molecule is CCCC/C=C\C/C=C\CCCCCCCCC(CCCCCCCC/C=C\C/C=C\CCCCC)OC(=O)CCCC. The molecule has 0 saturated carbocycles. The van der Waals surface area contributed by atoms with Crippen molar-refractivity contribution in [3.05, 3.63) is 48.6 Å². The lowest BCUT2D eigenvalue weighted by atomic mass is 10.0. The first-order valence-electron chi connectivity index (χ1n) is 19.0. The van der Waals surface area contributed by atoms with Crippen molar-refractivity contribution in [3.8, 4) is 0 Å². The van der Waals surface area contributed by atoms with Gasteiger partial charge in [-0.1, -0.05) is 153 Å². The molecule has 2 heteroatoms. The number of esters is 1. The van der Waals surface area contributed by atoms with Crippen LogP contribution < -0.4 is 0 Å². The molecule has 250 valence electrons. The van der Waals surface area contributed by atoms with E-state index in [-0.39, 0.29) is 12.1 Å². The van der Waals surface area contributed by atoms with Gasteiger partial charge in [0.15, 0.2) is 0 Å². The van der Waals surface area contributed by atoms with E-state index in [4.69, 9.17) is 4.74 Å². The monoisotopic (exact) mass is 599 g/mol. The first kappa shape index (κ1) is 41.4. The summed E-state index contributed by atoms with van der Waals surface area (Å²) < 4.78 is 5.93. The van der Waals surface area contributed by atoms with E-state index in [1.807, 2.05) is 0 Å². The number of carbonyl (C=O) groups excluding carboxylic acids is 1. The molecule has 0 bridgehead atoms. The Morgan fingerprint density at radius 1 is 0.442 bits per heavy atom. The van der Waals surface area contributed by atoms with Crippen molar-refractivity contribution in [2.45, 2.75) is 207 Å². The van der Waals surface area contributed by atoms with Gasteiger partial charge in [0.1, 0.15) is 6.10 Å². The van der Waals surface area contributed by atoms with Crippen molar-refractivity contribution >= 4 is 5.97 Å². The molecular weight excluding hydrogens is 524 g/mol. The van der Waals surface area contributed by atoms with Crippen LogP contribution in [-0.4, -0.2) is 12.1 Å². The fraction of sp³-hybridized carbons (Fsp3) is 0.780. The van der Waals surface area contributed by atoms with Crippen LogP contribution in [-0.2, 0) is 9.53 Å². The Bertz CT molecular complexity index is 671. The van der Waals surface area contributed by atoms with Crippen LogP contribution in [0.25, 0.3) is 0 Å². The summed E-state index contributed by atoms with van der Waals surface area (Å²) in [7, 11) is 0. The molecule has 0 spiro atoms. The van der Waals surface area contributed by atoms with E-state index in [0.29, 0.717) is 6.42 Å². The topological polar surface area (TPSA) is 26.3 Å². The molecule has 0 aliphatic heterocycles. The summed E-state index contributed by atoms with van der Waals surface area (Å²) in [4.78, 5) is 12.3. The quantitative estimate of drug-likeness (QED) is 0.0426. The summed E-state index contributed by atoms with van der Waals surface area (Å²) in [5.74, 6) is 0.0244. The van der Waals surface area contributed by atoms with Crippen LogP contribution in [0.2, 0.25) is 0 Å². The zero-order chi connectivity index (χ0) is 31.3. The standard InChI is InChI=1S/C41H74O2/c1-4-7-10-12-14-16-18-20-22-24-26-28-30-32-34-36-38-40(43-41(42)39-9-6-3)37-35-33-31-29-27-25-23-21-19-17-15-13-11-8-5-2/h13-16,19-22,40H,4-12,17-18,23-39H2,1-3H3/b15-13-,16-14-,21-19-,22-20-. The normalized spacial score (nSPS) is 12.9. The van der Waals surface area contributed by atoms with Crippen LogP contribution in [0, 0.1) is 0 Å². The van der Waals surface area contributed by atoms with Crippen LogP contribution in [0.1, 0.15) is 201 Å². The fourth-order valence-electron chi connectivity index (χ4n) is 5.36. The third-order valence-corrected chi connectivity index (χ3v) is 8.24. The maximum Gasteiger partial charge on any atom is 0.306 e. The van der Waals surface area contributed by atoms with Crippen LogP contribution in [0.4, 0.5) is 0 Å². The summed E-state index contributed by atoms with van der Waals surface area (Å²) in [5.41, 5.74) is 0. The lowest BCUT2D eigenvalue weighted by molar-refractivity contribution is -0.150. The fourth-order valence-corrected chi connectivity index (χ4v) is 5.36. The van der Waals surface area contributed by atoms with Gasteiger partial charge in [-0.3, -0.25) is 4.79 Å². The van der Waals surface area contributed by atoms with Gasteiger partial charge in [-0.2, -0.15) is 0 Å². The molecule has 1 unspecified atom stereocenters. The number of carbonyl (C=O) groups is 1. The molecule has 2 nitrogen and oxygen atoms in total. The molecule has 0 radical (unpaired) electrons. The summed E-state index contributed by atoms with van der Waals surface area (Å²) in [6.45, 7) is 6.64. The number of hydrogen-bond acceptors (Lipinski definition) is 2. The predicted molar refractivity (Wildman–Crippen MR) is 193 cm³/mol. The van der Waals surface area contributed by atoms with Gasteiger partial charge in [-0.15, -0.1) is 0 Å². The number of allylic oxidation sites excluding steroid dienone is 8. The zero-order valence-electron chi connectivity index (χ0n) is 29.3. The first-order valence-corrected chi connectivity index (χ1v) is 19.0. The molecule has 0 aromatic rings. The molecule has 0 rings (SSSR count). The lowest BCUT2D eigenvalue weighted by Gasteiger charge is -2.18. The van der Waals surface area contributed by atoms with Crippen LogP contribution in [0.3, 0.4) is 0 Å². The Hall–Kier alpha value is -1.57. The number of ether oxygens (including phenoxy) is 1. The second-order valence-electron chi connectivity index (χ2n) is 12.6. The summed E-state index contributed by atoms with van der Waals surface area (Å²) in [6.07, 6.45) is 52.6. The lowest BCUT2D eigenvalue weighted by Crippen LogP contribution is -2.18. The average Bonchev–Trinajstić information content (AvgIpc) is 3.01. The minimum Gasteiger partial charge on any atom is -0.462 e. The number of rotatable bonds is 33. The van der Waals surface area contributed by atoms with E-state index in [1.165, 1.54) is 135 Å². The van der Waals surface area contributed by atoms with Crippen molar-refractivity contribution < 1.29 is 9.53 Å². The van der Waals surface area contributed by atoms with Gasteiger partial charge in [-0.25, -0.2) is 0 Å². The van der Waals surface area contributed by atoms with E-state index in [2.05, 4.69) is 69.4 Å². The highest BCUT2D eigenvalue weighted by Crippen LogP contribution is 2.18. The maximum atomic E-state index is 12.3. The highest BCUT2D eigenvalue weighted by atomic mass is 16.5. The minimum absolute atomic E-state index is 0.0244. The Balaban J connectivity index is 3.89. The van der Waals surface area contributed by atoms with Crippen molar-refractivity contribution in [1.82, 2.24) is 0 Å². The van der Waals surface area contributed by atoms with Gasteiger partial charge in [0.05, 0.1) is 0 Å². The third kappa shape index (κ3) is 34.8. The van der Waals surface area contributed by atoms with Crippen molar-refractivity contribution in [1.29, 1.82) is 0 Å². The largest absolute Gasteiger partial charge is 0.462 e. The second kappa shape index (κ2) is 36.6. The van der Waals surface area contributed by atoms with Crippen molar-refractivity contribution in [2.24, 2.45) is 0 Å². The molecular formula is C41H74O2. The predicted octanol–water partition coefficient (Wildman–Crippen LogP) is 14.1. The summed E-state index contributed by atoms with van der Waals surface area (Å²) >= 11 is 0. The van der Waals surface area contributed by atoms with Crippen LogP contribution in [0.15, 0.2) is 48.6 Å². The number of hydrogen-bond donors (Lipinski definition) is 0. The molecule has 0 aromatic heterocycles. The zero-order valence-corrected chi connectivity index (χ0v) is 29.3. The molecule has 0 aliphatic rings. The molecule has 0 amide bonds. The maximum absolute atomic E-state index is 12.3. The van der Waals surface area contributed by atoms with Crippen LogP contribution in [0.5, 0.6) is 0 Å². The molecule has 1 atom stereocenters. The molecule has 0 aliphatic carbocycles. The minimum atomic E-state index is 0.0244. The van der Waals surface area contributed by atoms with Gasteiger partial charge < -0.3 is 4.74 Å². The van der Waals surface area contributed by atoms with E-state index < -0.39 is 0 Å². The van der Waals surface area contributed by atoms with Gasteiger partial charge >= 0.3 is 5.97 Å². The third-order valence-electron chi connectivity index (χ3n) is 8.24. The Morgan fingerprint density at radius 2 is 0.814 bits per heavy atom. The molecule has 0 aromatic carbocycles. The highest BCUT2D eigenvalue weighted by molar-refractivity contribution is 5.69. The van der Waals surface area contributed by atoms with E-state index >= 15 is 0 Å². The van der Waals surface area contributed by atoms with Crippen LogP contribution >= 0.6 is 0 Å². The summed E-state index contributed by atoms with van der Waals surface area (Å²) in [5, 5.41) is 0. The molecule has 0 saturated heterocycles. The van der Waals surface area contributed by atoms with E-state index in [0.717, 1.165) is 38.5 Å². The van der Waals surface area contributed by atoms with Crippen molar-refractivity contribution in [2.75, 3.05) is 0 Å². The van der Waals surface area contributed by atoms with Gasteiger partial charge in [0, 0.05) is 6.42 Å². The summed E-state index contributed by atoms with van der Waals surface area (Å²) in [6, 6.07) is 0.